The molecule has 0 radical (unpaired) electrons. The Hall–Kier alpha value is -2.97. The highest BCUT2D eigenvalue weighted by atomic mass is 16.5. The maximum absolute atomic E-state index is 13.4. The van der Waals surface area contributed by atoms with E-state index in [0.29, 0.717) is 30.7 Å². The van der Waals surface area contributed by atoms with Crippen LogP contribution in [0.1, 0.15) is 49.3 Å². The minimum Gasteiger partial charge on any atom is -0.493 e. The van der Waals surface area contributed by atoms with Gasteiger partial charge in [0.15, 0.2) is 22.9 Å². The molecule has 4 atom stereocenters. The summed E-state index contributed by atoms with van der Waals surface area (Å²) in [6, 6.07) is 12.8. The number of hydrogen-bond donors (Lipinski definition) is 0. The highest BCUT2D eigenvalue weighted by Gasteiger charge is 2.71. The van der Waals surface area contributed by atoms with E-state index in [9.17, 15) is 4.79 Å². The van der Waals surface area contributed by atoms with Gasteiger partial charge in [0, 0.05) is 29.7 Å². The molecule has 35 heavy (non-hydrogen) atoms. The van der Waals surface area contributed by atoms with Crippen LogP contribution in [0, 0.1) is 18.3 Å². The van der Waals surface area contributed by atoms with E-state index in [2.05, 4.69) is 42.1 Å². The summed E-state index contributed by atoms with van der Waals surface area (Å²) in [5.74, 6) is 5.33. The predicted molar refractivity (Wildman–Crippen MR) is 134 cm³/mol. The molecule has 1 saturated carbocycles. The molecule has 0 unspecified atom stereocenters. The first-order valence-electron chi connectivity index (χ1n) is 12.9. The predicted octanol–water partition coefficient (Wildman–Crippen LogP) is 4.34. The van der Waals surface area contributed by atoms with Crippen molar-refractivity contribution < 1.29 is 19.0 Å². The molecular formula is C30H33NO4. The molecule has 2 aromatic carbocycles. The number of hydrogen-bond acceptors (Lipinski definition) is 5. The fourth-order valence-corrected chi connectivity index (χ4v) is 7.44. The molecule has 0 amide bonds. The fraction of sp³-hybridized carbons (Fsp3) is 0.500. The standard InChI is InChI=1S/C30H33NO4/c1-4-16-33-25-19-24(34-17-8-11-20-9-6-5-7-10-20)21-18-23-22-12-13-26(32)29(2)30(22,14-15-31(23)3)27(21)28(25)35-29/h1,5-7,9-10,19,22-23H,8,11-18H2,2-3H3/t22-,23-,29+,30+/m1/s1. The molecule has 2 bridgehead atoms. The van der Waals surface area contributed by atoms with E-state index < -0.39 is 5.60 Å². The van der Waals surface area contributed by atoms with Crippen molar-refractivity contribution in [2.45, 2.75) is 62.5 Å². The Morgan fingerprint density at radius 2 is 2.06 bits per heavy atom. The number of likely N-dealkylation sites (tertiary alicyclic amines) is 1. The number of rotatable bonds is 7. The van der Waals surface area contributed by atoms with Crippen LogP contribution in [-0.2, 0) is 23.1 Å². The topological polar surface area (TPSA) is 48.0 Å². The molecule has 2 aliphatic heterocycles. The van der Waals surface area contributed by atoms with Crippen molar-refractivity contribution in [1.29, 1.82) is 0 Å². The number of piperidine rings is 1. The van der Waals surface area contributed by atoms with Gasteiger partial charge < -0.3 is 19.1 Å². The number of terminal acetylenes is 1. The molecule has 6 rings (SSSR count). The van der Waals surface area contributed by atoms with Gasteiger partial charge in [-0.3, -0.25) is 4.79 Å². The van der Waals surface area contributed by atoms with Gasteiger partial charge >= 0.3 is 0 Å². The smallest absolute Gasteiger partial charge is 0.177 e. The van der Waals surface area contributed by atoms with E-state index in [1.165, 1.54) is 11.1 Å². The maximum Gasteiger partial charge on any atom is 0.177 e. The highest BCUT2D eigenvalue weighted by molar-refractivity contribution is 5.93. The molecule has 1 spiro atoms. The molecule has 0 N–H and O–H groups in total. The Morgan fingerprint density at radius 3 is 2.86 bits per heavy atom. The van der Waals surface area contributed by atoms with Crippen LogP contribution in [0.25, 0.3) is 0 Å². The molecule has 2 fully saturated rings. The van der Waals surface area contributed by atoms with E-state index in [0.717, 1.165) is 55.7 Å². The Balaban J connectivity index is 1.41. The lowest BCUT2D eigenvalue weighted by Gasteiger charge is -2.60. The lowest BCUT2D eigenvalue weighted by molar-refractivity contribution is -0.153. The van der Waals surface area contributed by atoms with Gasteiger partial charge in [0.05, 0.1) is 12.0 Å². The number of likely N-dealkylation sites (N-methyl/N-ethyl adjacent to an activating group) is 1. The molecule has 2 heterocycles. The lowest BCUT2D eigenvalue weighted by atomic mass is 9.47. The molecule has 4 aliphatic rings. The Morgan fingerprint density at radius 1 is 1.23 bits per heavy atom. The van der Waals surface area contributed by atoms with Crippen LogP contribution < -0.4 is 14.2 Å². The van der Waals surface area contributed by atoms with Crippen LogP contribution in [0.4, 0.5) is 0 Å². The number of aryl methyl sites for hydroxylation is 1. The van der Waals surface area contributed by atoms with Crippen LogP contribution in [0.5, 0.6) is 17.2 Å². The molecule has 5 nitrogen and oxygen atoms in total. The van der Waals surface area contributed by atoms with Crippen molar-refractivity contribution in [3.63, 3.8) is 0 Å². The first kappa shape index (κ1) is 22.5. The highest BCUT2D eigenvalue weighted by Crippen LogP contribution is 2.68. The second-order valence-corrected chi connectivity index (χ2v) is 10.7. The number of benzene rings is 2. The number of ketones is 1. The lowest BCUT2D eigenvalue weighted by Crippen LogP contribution is -2.70. The molecule has 1 saturated heterocycles. The average Bonchev–Trinajstić information content (AvgIpc) is 3.15. The zero-order chi connectivity index (χ0) is 24.2. The minimum atomic E-state index is -0.868. The van der Waals surface area contributed by atoms with E-state index >= 15 is 0 Å². The summed E-state index contributed by atoms with van der Waals surface area (Å²) in [7, 11) is 2.22. The maximum atomic E-state index is 13.4. The first-order chi connectivity index (χ1) is 17.0. The third-order valence-corrected chi connectivity index (χ3v) is 9.09. The summed E-state index contributed by atoms with van der Waals surface area (Å²) in [6.45, 7) is 3.73. The number of Topliss-reactive ketones (excluding diaryl/α,β-unsaturated/α-hetero) is 1. The largest absolute Gasteiger partial charge is 0.493 e. The van der Waals surface area contributed by atoms with Gasteiger partial charge in [-0.2, -0.15) is 0 Å². The molecule has 2 aliphatic carbocycles. The average molecular weight is 472 g/mol. The summed E-state index contributed by atoms with van der Waals surface area (Å²) < 4.78 is 19.1. The Kier molecular flexibility index (Phi) is 5.34. The first-order valence-corrected chi connectivity index (χ1v) is 12.9. The van der Waals surface area contributed by atoms with Gasteiger partial charge in [-0.25, -0.2) is 0 Å². The van der Waals surface area contributed by atoms with Crippen molar-refractivity contribution in [3.8, 4) is 29.6 Å². The number of carbonyl (C=O) groups excluding carboxylic acids is 1. The van der Waals surface area contributed by atoms with Crippen LogP contribution in [0.3, 0.4) is 0 Å². The number of carbonyl (C=O) groups is 1. The van der Waals surface area contributed by atoms with Crippen LogP contribution in [0.15, 0.2) is 36.4 Å². The van der Waals surface area contributed by atoms with Crippen LogP contribution in [0.2, 0.25) is 0 Å². The summed E-state index contributed by atoms with van der Waals surface area (Å²) >= 11 is 0. The second kappa shape index (κ2) is 8.31. The normalized spacial score (nSPS) is 30.3. The monoisotopic (exact) mass is 471 g/mol. The van der Waals surface area contributed by atoms with Crippen molar-refractivity contribution in [2.75, 3.05) is 26.8 Å². The molecule has 5 heteroatoms. The molecule has 182 valence electrons. The van der Waals surface area contributed by atoms with Gasteiger partial charge in [-0.15, -0.1) is 6.42 Å². The second-order valence-electron chi connectivity index (χ2n) is 10.7. The van der Waals surface area contributed by atoms with E-state index in [1.807, 2.05) is 19.1 Å². The molecule has 2 aromatic rings. The third kappa shape index (κ3) is 3.16. The van der Waals surface area contributed by atoms with Gasteiger partial charge in [0.2, 0.25) is 0 Å². The molecular weight excluding hydrogens is 438 g/mol. The quantitative estimate of drug-likeness (QED) is 0.444. The zero-order valence-corrected chi connectivity index (χ0v) is 20.6. The summed E-state index contributed by atoms with van der Waals surface area (Å²) in [6.07, 6.45) is 10.7. The summed E-state index contributed by atoms with van der Waals surface area (Å²) in [4.78, 5) is 15.9. The zero-order valence-electron chi connectivity index (χ0n) is 20.6. The van der Waals surface area contributed by atoms with Crippen molar-refractivity contribution >= 4 is 5.78 Å². The van der Waals surface area contributed by atoms with Gasteiger partial charge in [-0.05, 0) is 64.1 Å². The van der Waals surface area contributed by atoms with Crippen LogP contribution in [-0.4, -0.2) is 49.1 Å². The van der Waals surface area contributed by atoms with Crippen molar-refractivity contribution in [3.05, 3.63) is 53.1 Å². The van der Waals surface area contributed by atoms with E-state index in [4.69, 9.17) is 20.6 Å². The fourth-order valence-electron chi connectivity index (χ4n) is 7.44. The summed E-state index contributed by atoms with van der Waals surface area (Å²) in [5.41, 5.74) is 2.47. The summed E-state index contributed by atoms with van der Waals surface area (Å²) in [5, 5.41) is 0. The van der Waals surface area contributed by atoms with E-state index in [1.54, 1.807) is 0 Å². The Bertz CT molecular complexity index is 1200. The van der Waals surface area contributed by atoms with Gasteiger partial charge in [0.1, 0.15) is 12.4 Å². The SMILES string of the molecule is C#CCOc1cc(OCCCc2ccccc2)c2c3c1O[C@@]1(C)C(=O)CC[C@@H]4[C@@H](C2)N(C)CC[C@@]341. The molecule has 0 aromatic heterocycles. The van der Waals surface area contributed by atoms with Crippen LogP contribution >= 0.6 is 0 Å². The number of ether oxygens (including phenoxy) is 3. The number of nitrogens with zero attached hydrogens (tertiary/aromatic N) is 1. The van der Waals surface area contributed by atoms with E-state index in [-0.39, 0.29) is 17.8 Å². The van der Waals surface area contributed by atoms with Gasteiger partial charge in [-0.1, -0.05) is 36.3 Å². The minimum absolute atomic E-state index is 0.148. The van der Waals surface area contributed by atoms with Gasteiger partial charge in [0.25, 0.3) is 0 Å². The Labute approximate surface area is 207 Å². The van der Waals surface area contributed by atoms with Crippen molar-refractivity contribution in [2.24, 2.45) is 5.92 Å². The van der Waals surface area contributed by atoms with Crippen molar-refractivity contribution in [1.82, 2.24) is 4.90 Å². The third-order valence-electron chi connectivity index (χ3n) is 9.09.